The van der Waals surface area contributed by atoms with Gasteiger partial charge in [-0.2, -0.15) is 0 Å². The van der Waals surface area contributed by atoms with Gasteiger partial charge >= 0.3 is 0 Å². The number of aromatic hydroxyl groups is 1. The van der Waals surface area contributed by atoms with E-state index in [2.05, 4.69) is 11.9 Å². The number of aromatic nitrogens is 1. The van der Waals surface area contributed by atoms with Crippen LogP contribution in [-0.2, 0) is 6.54 Å². The third-order valence-electron chi connectivity index (χ3n) is 3.03. The van der Waals surface area contributed by atoms with Gasteiger partial charge in [0.2, 0.25) is 5.88 Å². The molecule has 1 heterocycles. The Morgan fingerprint density at radius 2 is 2.05 bits per heavy atom. The number of carbonyl (C=O) groups excluding carboxylic acids is 1. The number of nitrogens with one attached hydrogen (secondary N) is 1. The van der Waals surface area contributed by atoms with E-state index in [0.717, 1.165) is 4.57 Å². The van der Waals surface area contributed by atoms with Gasteiger partial charge < -0.3 is 10.4 Å². The van der Waals surface area contributed by atoms with Gasteiger partial charge in [0.1, 0.15) is 5.56 Å². The van der Waals surface area contributed by atoms with Gasteiger partial charge in [0.05, 0.1) is 0 Å². The van der Waals surface area contributed by atoms with Crippen molar-refractivity contribution in [1.29, 1.82) is 0 Å². The summed E-state index contributed by atoms with van der Waals surface area (Å²) in [5, 5.41) is 13.7. The number of nitrogens with zero attached hydrogens (tertiary/aromatic N) is 1. The summed E-state index contributed by atoms with van der Waals surface area (Å²) in [6.45, 7) is 5.92. The number of benzene rings is 1. The number of pyridine rings is 1. The number of carbonyl (C=O) groups is 1. The lowest BCUT2D eigenvalue weighted by Crippen LogP contribution is -2.27. The van der Waals surface area contributed by atoms with Gasteiger partial charge in [-0.05, 0) is 13.0 Å². The van der Waals surface area contributed by atoms with Crippen LogP contribution in [-0.4, -0.2) is 22.1 Å². The van der Waals surface area contributed by atoms with Gasteiger partial charge in [-0.15, -0.1) is 6.58 Å². The molecule has 0 saturated heterocycles. The second-order valence-electron chi connectivity index (χ2n) is 4.31. The van der Waals surface area contributed by atoms with Crippen LogP contribution in [0.3, 0.4) is 0 Å². The van der Waals surface area contributed by atoms with E-state index in [0.29, 0.717) is 17.3 Å². The molecule has 0 aliphatic rings. The van der Waals surface area contributed by atoms with Crippen molar-refractivity contribution in [2.45, 2.75) is 13.5 Å². The standard InChI is InChI=1S/C15H16N2O3/c1-3-9-17-14(19)11-8-6-5-7-10(11)12(15(17)20)13(18)16-4-2/h3,5-8,20H,1,4,9H2,2H3,(H,16,18). The zero-order valence-electron chi connectivity index (χ0n) is 11.2. The molecule has 0 spiro atoms. The lowest BCUT2D eigenvalue weighted by Gasteiger charge is -2.13. The van der Waals surface area contributed by atoms with Crippen molar-refractivity contribution in [3.05, 3.63) is 52.8 Å². The summed E-state index contributed by atoms with van der Waals surface area (Å²) in [4.78, 5) is 24.4. The van der Waals surface area contributed by atoms with E-state index in [4.69, 9.17) is 0 Å². The van der Waals surface area contributed by atoms with Crippen molar-refractivity contribution < 1.29 is 9.90 Å². The Hall–Kier alpha value is -2.56. The van der Waals surface area contributed by atoms with Crippen molar-refractivity contribution in [3.8, 4) is 5.88 Å². The zero-order chi connectivity index (χ0) is 14.7. The van der Waals surface area contributed by atoms with Crippen LogP contribution in [0.25, 0.3) is 10.8 Å². The highest BCUT2D eigenvalue weighted by Gasteiger charge is 2.20. The average Bonchev–Trinajstić information content (AvgIpc) is 2.44. The molecule has 1 aromatic heterocycles. The van der Waals surface area contributed by atoms with Crippen LogP contribution in [0, 0.1) is 0 Å². The summed E-state index contributed by atoms with van der Waals surface area (Å²) < 4.78 is 1.14. The molecule has 5 heteroatoms. The second-order valence-corrected chi connectivity index (χ2v) is 4.31. The number of allylic oxidation sites excluding steroid dienone is 1. The molecular formula is C15H16N2O3. The topological polar surface area (TPSA) is 71.3 Å². The van der Waals surface area contributed by atoms with Crippen molar-refractivity contribution in [2.75, 3.05) is 6.54 Å². The number of hydrogen-bond acceptors (Lipinski definition) is 3. The first-order valence-electron chi connectivity index (χ1n) is 6.35. The fourth-order valence-corrected chi connectivity index (χ4v) is 2.16. The predicted molar refractivity (Wildman–Crippen MR) is 78.1 cm³/mol. The Balaban J connectivity index is 2.87. The molecule has 2 rings (SSSR count). The maximum atomic E-state index is 12.3. The Labute approximate surface area is 116 Å². The molecule has 0 aliphatic heterocycles. The highest BCUT2D eigenvalue weighted by molar-refractivity contribution is 6.08. The molecule has 0 atom stereocenters. The van der Waals surface area contributed by atoms with E-state index >= 15 is 0 Å². The highest BCUT2D eigenvalue weighted by atomic mass is 16.3. The molecule has 0 aliphatic carbocycles. The molecule has 20 heavy (non-hydrogen) atoms. The molecule has 5 nitrogen and oxygen atoms in total. The van der Waals surface area contributed by atoms with Crippen LogP contribution in [0.2, 0.25) is 0 Å². The zero-order valence-corrected chi connectivity index (χ0v) is 11.2. The first-order chi connectivity index (χ1) is 9.61. The van der Waals surface area contributed by atoms with Crippen molar-refractivity contribution >= 4 is 16.7 Å². The summed E-state index contributed by atoms with van der Waals surface area (Å²) in [7, 11) is 0. The number of rotatable bonds is 4. The van der Waals surface area contributed by atoms with Gasteiger partial charge in [-0.25, -0.2) is 0 Å². The first-order valence-corrected chi connectivity index (χ1v) is 6.35. The Bertz CT molecular complexity index is 732. The minimum atomic E-state index is -0.404. The Morgan fingerprint density at radius 3 is 2.65 bits per heavy atom. The van der Waals surface area contributed by atoms with Crippen LogP contribution in [0.5, 0.6) is 5.88 Å². The van der Waals surface area contributed by atoms with Crippen LogP contribution >= 0.6 is 0 Å². The van der Waals surface area contributed by atoms with E-state index in [1.807, 2.05) is 0 Å². The van der Waals surface area contributed by atoms with E-state index in [9.17, 15) is 14.7 Å². The number of hydrogen-bond donors (Lipinski definition) is 2. The summed E-state index contributed by atoms with van der Waals surface area (Å²) >= 11 is 0. The lowest BCUT2D eigenvalue weighted by molar-refractivity contribution is 0.0953. The molecule has 104 valence electrons. The molecule has 0 radical (unpaired) electrons. The normalized spacial score (nSPS) is 10.4. The van der Waals surface area contributed by atoms with Gasteiger partial charge in [0, 0.05) is 23.9 Å². The maximum absolute atomic E-state index is 12.3. The molecule has 1 amide bonds. The van der Waals surface area contributed by atoms with Crippen LogP contribution in [0.4, 0.5) is 0 Å². The molecule has 1 aromatic carbocycles. The summed E-state index contributed by atoms with van der Waals surface area (Å²) in [6, 6.07) is 6.74. The molecule has 2 aromatic rings. The summed E-state index contributed by atoms with van der Waals surface area (Å²) in [5.74, 6) is -0.737. The Morgan fingerprint density at radius 1 is 1.40 bits per heavy atom. The molecule has 0 bridgehead atoms. The molecule has 0 saturated carbocycles. The minimum Gasteiger partial charge on any atom is -0.494 e. The fourth-order valence-electron chi connectivity index (χ4n) is 2.16. The van der Waals surface area contributed by atoms with E-state index in [1.54, 1.807) is 31.2 Å². The molecule has 2 N–H and O–H groups in total. The molecule has 0 unspecified atom stereocenters. The van der Waals surface area contributed by atoms with Crippen LogP contribution < -0.4 is 10.9 Å². The number of fused-ring (bicyclic) bond motifs is 1. The highest BCUT2D eigenvalue weighted by Crippen LogP contribution is 2.24. The number of amides is 1. The fraction of sp³-hybridized carbons (Fsp3) is 0.200. The van der Waals surface area contributed by atoms with Crippen LogP contribution in [0.1, 0.15) is 17.3 Å². The second kappa shape index (κ2) is 5.61. The van der Waals surface area contributed by atoms with Gasteiger partial charge in [0.15, 0.2) is 0 Å². The quantitative estimate of drug-likeness (QED) is 0.831. The van der Waals surface area contributed by atoms with E-state index < -0.39 is 5.91 Å². The SMILES string of the molecule is C=CCn1c(O)c(C(=O)NCC)c2ccccc2c1=O. The maximum Gasteiger partial charge on any atom is 0.261 e. The third kappa shape index (κ3) is 2.18. The van der Waals surface area contributed by atoms with Gasteiger partial charge in [-0.1, -0.05) is 24.3 Å². The summed E-state index contributed by atoms with van der Waals surface area (Å²) in [6.07, 6.45) is 1.50. The third-order valence-corrected chi connectivity index (χ3v) is 3.03. The summed E-state index contributed by atoms with van der Waals surface area (Å²) in [5.41, 5.74) is -0.227. The lowest BCUT2D eigenvalue weighted by atomic mass is 10.1. The van der Waals surface area contributed by atoms with Crippen molar-refractivity contribution in [1.82, 2.24) is 9.88 Å². The molecule has 0 fully saturated rings. The van der Waals surface area contributed by atoms with Gasteiger partial charge in [0.25, 0.3) is 11.5 Å². The smallest absolute Gasteiger partial charge is 0.261 e. The van der Waals surface area contributed by atoms with Crippen molar-refractivity contribution in [2.24, 2.45) is 0 Å². The monoisotopic (exact) mass is 272 g/mol. The van der Waals surface area contributed by atoms with Crippen LogP contribution in [0.15, 0.2) is 41.7 Å². The Kier molecular flexibility index (Phi) is 3.89. The first kappa shape index (κ1) is 13.9. The van der Waals surface area contributed by atoms with E-state index in [1.165, 1.54) is 6.08 Å². The predicted octanol–water partition coefficient (Wildman–Crippen LogP) is 1.64. The largest absolute Gasteiger partial charge is 0.494 e. The minimum absolute atomic E-state index is 0.115. The van der Waals surface area contributed by atoms with E-state index in [-0.39, 0.29) is 23.5 Å². The molecular weight excluding hydrogens is 256 g/mol. The average molecular weight is 272 g/mol. The van der Waals surface area contributed by atoms with Crippen molar-refractivity contribution in [3.63, 3.8) is 0 Å². The van der Waals surface area contributed by atoms with Gasteiger partial charge in [-0.3, -0.25) is 14.2 Å².